The van der Waals surface area contributed by atoms with Crippen molar-refractivity contribution in [3.05, 3.63) is 75.3 Å². The molecule has 1 fully saturated rings. The largest absolute Gasteiger partial charge is 0.302 e. The normalized spacial score (nSPS) is 24.4. The Labute approximate surface area is 152 Å². The molecule has 0 unspecified atom stereocenters. The molecule has 0 amide bonds. The van der Waals surface area contributed by atoms with Gasteiger partial charge < -0.3 is 5.43 Å². The van der Waals surface area contributed by atoms with Gasteiger partial charge in [0.05, 0.1) is 11.8 Å². The lowest BCUT2D eigenvalue weighted by molar-refractivity contribution is 0.451. The summed E-state index contributed by atoms with van der Waals surface area (Å²) in [6, 6.07) is 16.3. The van der Waals surface area contributed by atoms with Crippen molar-refractivity contribution in [2.45, 2.75) is 25.3 Å². The minimum absolute atomic E-state index is 0.242. The summed E-state index contributed by atoms with van der Waals surface area (Å²) in [4.78, 5) is 0. The molecular formula is C20H18Cl2N2. The van der Waals surface area contributed by atoms with Crippen LogP contribution in [0.15, 0.2) is 59.2 Å². The summed E-state index contributed by atoms with van der Waals surface area (Å²) in [5.41, 5.74) is 8.30. The van der Waals surface area contributed by atoms with Gasteiger partial charge in [-0.2, -0.15) is 5.10 Å². The van der Waals surface area contributed by atoms with E-state index in [4.69, 9.17) is 23.2 Å². The first-order valence-electron chi connectivity index (χ1n) is 8.26. The maximum absolute atomic E-state index is 6.01. The fourth-order valence-electron chi connectivity index (χ4n) is 3.61. The number of allylic oxidation sites excluding steroid dienone is 1. The number of hydrogen-bond donors (Lipinski definition) is 1. The van der Waals surface area contributed by atoms with Gasteiger partial charge in [0.25, 0.3) is 0 Å². The number of benzene rings is 2. The Morgan fingerprint density at radius 1 is 0.958 bits per heavy atom. The zero-order valence-corrected chi connectivity index (χ0v) is 14.7. The van der Waals surface area contributed by atoms with E-state index in [-0.39, 0.29) is 6.04 Å². The van der Waals surface area contributed by atoms with Gasteiger partial charge in [0, 0.05) is 16.0 Å². The minimum atomic E-state index is 0.242. The lowest BCUT2D eigenvalue weighted by atomic mass is 9.78. The molecule has 0 bridgehead atoms. The van der Waals surface area contributed by atoms with Gasteiger partial charge in [0.15, 0.2) is 0 Å². The van der Waals surface area contributed by atoms with Crippen LogP contribution in [0, 0.1) is 5.92 Å². The predicted octanol–water partition coefficient (Wildman–Crippen LogP) is 5.88. The number of fused-ring (bicyclic) bond motifs is 1. The summed E-state index contributed by atoms with van der Waals surface area (Å²) in [5, 5.41) is 6.21. The molecule has 1 heterocycles. The van der Waals surface area contributed by atoms with Crippen molar-refractivity contribution >= 4 is 35.0 Å². The van der Waals surface area contributed by atoms with Gasteiger partial charge in [-0.15, -0.1) is 0 Å². The molecule has 2 aromatic rings. The second-order valence-corrected chi connectivity index (χ2v) is 7.25. The molecule has 24 heavy (non-hydrogen) atoms. The number of halogens is 2. The fourth-order valence-corrected chi connectivity index (χ4v) is 3.86. The van der Waals surface area contributed by atoms with Crippen LogP contribution in [-0.4, -0.2) is 5.71 Å². The Morgan fingerprint density at radius 2 is 1.62 bits per heavy atom. The molecule has 4 heteroatoms. The summed E-state index contributed by atoms with van der Waals surface area (Å²) in [7, 11) is 0. The van der Waals surface area contributed by atoms with Gasteiger partial charge in [-0.1, -0.05) is 47.5 Å². The highest BCUT2D eigenvalue weighted by Gasteiger charge is 2.36. The summed E-state index contributed by atoms with van der Waals surface area (Å²) in [5.74, 6) is 0.429. The highest BCUT2D eigenvalue weighted by Crippen LogP contribution is 2.39. The molecule has 1 aliphatic carbocycles. The molecule has 4 rings (SSSR count). The van der Waals surface area contributed by atoms with E-state index in [1.807, 2.05) is 24.3 Å². The van der Waals surface area contributed by atoms with Crippen molar-refractivity contribution < 1.29 is 0 Å². The quantitative estimate of drug-likeness (QED) is 0.713. The molecule has 0 saturated heterocycles. The van der Waals surface area contributed by atoms with Crippen LogP contribution < -0.4 is 5.43 Å². The second-order valence-electron chi connectivity index (χ2n) is 6.38. The lowest BCUT2D eigenvalue weighted by Gasteiger charge is -2.26. The molecule has 122 valence electrons. The summed E-state index contributed by atoms with van der Waals surface area (Å²) < 4.78 is 0. The second kappa shape index (κ2) is 6.62. The van der Waals surface area contributed by atoms with E-state index in [1.54, 1.807) is 0 Å². The molecule has 2 atom stereocenters. The molecule has 0 spiro atoms. The van der Waals surface area contributed by atoms with Gasteiger partial charge in [-0.3, -0.25) is 0 Å². The standard InChI is InChI=1S/C20H18Cl2N2/c21-16-8-4-13(5-9-16)12-15-2-1-3-18-19(23-24-20(15)18)14-6-10-17(22)11-7-14/h4-12,18-19,23H,1-3H2/b15-12+/t18-,19+/m1/s1. The molecule has 2 aliphatic rings. The Morgan fingerprint density at radius 3 is 2.33 bits per heavy atom. The number of nitrogens with one attached hydrogen (secondary N) is 1. The number of hydrazone groups is 1. The predicted molar refractivity (Wildman–Crippen MR) is 102 cm³/mol. The Bertz CT molecular complexity index is 791. The smallest absolute Gasteiger partial charge is 0.0773 e. The zero-order valence-electron chi connectivity index (χ0n) is 13.2. The zero-order chi connectivity index (χ0) is 16.5. The van der Waals surface area contributed by atoms with Crippen LogP contribution in [0.4, 0.5) is 0 Å². The van der Waals surface area contributed by atoms with E-state index < -0.39 is 0 Å². The van der Waals surface area contributed by atoms with Crippen molar-refractivity contribution in [3.8, 4) is 0 Å². The van der Waals surface area contributed by atoms with Crippen molar-refractivity contribution in [3.63, 3.8) is 0 Å². The van der Waals surface area contributed by atoms with E-state index in [0.29, 0.717) is 5.92 Å². The molecule has 2 nitrogen and oxygen atoms in total. The first kappa shape index (κ1) is 15.7. The summed E-state index contributed by atoms with van der Waals surface area (Å²) in [6.45, 7) is 0. The topological polar surface area (TPSA) is 24.4 Å². The van der Waals surface area contributed by atoms with Crippen LogP contribution in [0.5, 0.6) is 0 Å². The third-order valence-corrected chi connectivity index (χ3v) is 5.31. The highest BCUT2D eigenvalue weighted by atomic mass is 35.5. The molecule has 1 saturated carbocycles. The lowest BCUT2D eigenvalue weighted by Crippen LogP contribution is -2.25. The van der Waals surface area contributed by atoms with E-state index in [2.05, 4.69) is 40.9 Å². The van der Waals surface area contributed by atoms with Gasteiger partial charge in [0.2, 0.25) is 0 Å². The Hall–Kier alpha value is -1.77. The molecular weight excluding hydrogens is 339 g/mol. The average molecular weight is 357 g/mol. The first-order chi connectivity index (χ1) is 11.7. The summed E-state index contributed by atoms with van der Waals surface area (Å²) in [6.07, 6.45) is 5.67. The van der Waals surface area contributed by atoms with Gasteiger partial charge in [0.1, 0.15) is 0 Å². The van der Waals surface area contributed by atoms with E-state index in [0.717, 1.165) is 22.9 Å². The molecule has 2 aromatic carbocycles. The number of rotatable bonds is 2. The van der Waals surface area contributed by atoms with Gasteiger partial charge >= 0.3 is 0 Å². The molecule has 0 radical (unpaired) electrons. The monoisotopic (exact) mass is 356 g/mol. The molecule has 1 aliphatic heterocycles. The fraction of sp³-hybridized carbons (Fsp3) is 0.250. The van der Waals surface area contributed by atoms with Crippen LogP contribution in [0.2, 0.25) is 10.0 Å². The average Bonchev–Trinajstić information content (AvgIpc) is 3.03. The maximum atomic E-state index is 6.01. The van der Waals surface area contributed by atoms with Crippen molar-refractivity contribution in [1.29, 1.82) is 0 Å². The van der Waals surface area contributed by atoms with Gasteiger partial charge in [-0.25, -0.2) is 0 Å². The Balaban J connectivity index is 1.60. The SMILES string of the molecule is Clc1ccc(/C=C2\CCC[C@H]3C2=NN[C@H]3c2ccc(Cl)cc2)cc1. The van der Waals surface area contributed by atoms with E-state index in [9.17, 15) is 0 Å². The summed E-state index contributed by atoms with van der Waals surface area (Å²) >= 11 is 12.0. The van der Waals surface area contributed by atoms with Crippen molar-refractivity contribution in [1.82, 2.24) is 5.43 Å². The van der Waals surface area contributed by atoms with Crippen LogP contribution in [0.3, 0.4) is 0 Å². The van der Waals surface area contributed by atoms with Gasteiger partial charge in [-0.05, 0) is 66.3 Å². The number of nitrogens with zero attached hydrogens (tertiary/aromatic N) is 1. The van der Waals surface area contributed by atoms with E-state index >= 15 is 0 Å². The van der Waals surface area contributed by atoms with Crippen molar-refractivity contribution in [2.75, 3.05) is 0 Å². The van der Waals surface area contributed by atoms with Crippen LogP contribution >= 0.6 is 23.2 Å². The van der Waals surface area contributed by atoms with Crippen LogP contribution in [0.25, 0.3) is 6.08 Å². The highest BCUT2D eigenvalue weighted by molar-refractivity contribution is 6.30. The number of hydrogen-bond acceptors (Lipinski definition) is 2. The maximum Gasteiger partial charge on any atom is 0.0773 e. The minimum Gasteiger partial charge on any atom is -0.302 e. The first-order valence-corrected chi connectivity index (χ1v) is 9.01. The molecule has 0 aromatic heterocycles. The van der Waals surface area contributed by atoms with Crippen LogP contribution in [0.1, 0.15) is 36.4 Å². The van der Waals surface area contributed by atoms with Crippen molar-refractivity contribution in [2.24, 2.45) is 11.0 Å². The third kappa shape index (κ3) is 3.09. The van der Waals surface area contributed by atoms with Crippen LogP contribution in [-0.2, 0) is 0 Å². The third-order valence-electron chi connectivity index (χ3n) is 4.81. The molecule has 1 N–H and O–H groups in total. The Kier molecular flexibility index (Phi) is 4.34. The van der Waals surface area contributed by atoms with E-state index in [1.165, 1.54) is 28.8 Å².